The van der Waals surface area contributed by atoms with E-state index in [1.807, 2.05) is 0 Å². The van der Waals surface area contributed by atoms with Crippen LogP contribution in [0.3, 0.4) is 0 Å². The minimum Gasteiger partial charge on any atom is -0.335 e. The maximum Gasteiger partial charge on any atom is 0.187 e. The van der Waals surface area contributed by atoms with E-state index in [0.29, 0.717) is 23.8 Å². The molecular formula is C13H13ClFN3O. The van der Waals surface area contributed by atoms with Crippen molar-refractivity contribution in [2.24, 2.45) is 5.73 Å². The Bertz CT molecular complexity index is 597. The number of hydrogen-bond donors (Lipinski definition) is 1. The van der Waals surface area contributed by atoms with Crippen LogP contribution in [0.2, 0.25) is 5.02 Å². The van der Waals surface area contributed by atoms with E-state index in [9.17, 15) is 9.18 Å². The number of rotatable bonds is 5. The Hall–Kier alpha value is -1.72. The lowest BCUT2D eigenvalue weighted by molar-refractivity contribution is 0.0987. The van der Waals surface area contributed by atoms with Crippen LogP contribution in [-0.4, -0.2) is 21.9 Å². The third-order valence-electron chi connectivity index (χ3n) is 2.67. The van der Waals surface area contributed by atoms with E-state index in [-0.39, 0.29) is 17.8 Å². The van der Waals surface area contributed by atoms with Crippen molar-refractivity contribution < 1.29 is 9.18 Å². The molecule has 0 aliphatic rings. The maximum absolute atomic E-state index is 13.5. The Labute approximate surface area is 115 Å². The molecule has 0 fully saturated rings. The van der Waals surface area contributed by atoms with Crippen molar-refractivity contribution in [3.63, 3.8) is 0 Å². The minimum atomic E-state index is -0.445. The molecule has 0 atom stereocenters. The van der Waals surface area contributed by atoms with Gasteiger partial charge < -0.3 is 10.3 Å². The van der Waals surface area contributed by atoms with Crippen molar-refractivity contribution in [3.8, 4) is 0 Å². The average Bonchev–Trinajstić information content (AvgIpc) is 2.83. The summed E-state index contributed by atoms with van der Waals surface area (Å²) in [5.41, 5.74) is 5.98. The normalized spacial score (nSPS) is 10.7. The topological polar surface area (TPSA) is 60.9 Å². The molecule has 0 saturated carbocycles. The van der Waals surface area contributed by atoms with Crippen molar-refractivity contribution in [1.29, 1.82) is 0 Å². The molecular weight excluding hydrogens is 269 g/mol. The molecule has 4 nitrogen and oxygen atoms in total. The van der Waals surface area contributed by atoms with Crippen LogP contribution < -0.4 is 5.73 Å². The van der Waals surface area contributed by atoms with Gasteiger partial charge in [0, 0.05) is 30.7 Å². The van der Waals surface area contributed by atoms with E-state index in [4.69, 9.17) is 17.3 Å². The Morgan fingerprint density at radius 2 is 2.26 bits per heavy atom. The van der Waals surface area contributed by atoms with Crippen LogP contribution >= 0.6 is 11.6 Å². The summed E-state index contributed by atoms with van der Waals surface area (Å²) in [5, 5.41) is 0.401. The fourth-order valence-electron chi connectivity index (χ4n) is 1.72. The van der Waals surface area contributed by atoms with Crippen LogP contribution in [0.1, 0.15) is 16.1 Å². The number of aromatic nitrogens is 2. The highest BCUT2D eigenvalue weighted by Gasteiger charge is 2.13. The summed E-state index contributed by atoms with van der Waals surface area (Å²) in [6, 6.07) is 4.14. The van der Waals surface area contributed by atoms with Crippen LogP contribution in [0.15, 0.2) is 30.7 Å². The van der Waals surface area contributed by atoms with Crippen LogP contribution in [0.4, 0.5) is 4.39 Å². The first kappa shape index (κ1) is 13.7. The van der Waals surface area contributed by atoms with Crippen LogP contribution in [0.25, 0.3) is 0 Å². The number of benzene rings is 1. The summed E-state index contributed by atoms with van der Waals surface area (Å²) in [6.45, 7) is 1.05. The first-order chi connectivity index (χ1) is 9.10. The highest BCUT2D eigenvalue weighted by molar-refractivity contribution is 6.30. The molecule has 19 heavy (non-hydrogen) atoms. The smallest absolute Gasteiger partial charge is 0.187 e. The van der Waals surface area contributed by atoms with E-state index >= 15 is 0 Å². The number of halogens is 2. The summed E-state index contributed by atoms with van der Waals surface area (Å²) in [4.78, 5) is 16.0. The summed E-state index contributed by atoms with van der Waals surface area (Å²) < 4.78 is 15.2. The van der Waals surface area contributed by atoms with Gasteiger partial charge in [0.05, 0.1) is 6.33 Å². The molecule has 100 valence electrons. The molecule has 6 heteroatoms. The third kappa shape index (κ3) is 3.39. The average molecular weight is 282 g/mol. The van der Waals surface area contributed by atoms with Gasteiger partial charge in [0.2, 0.25) is 0 Å². The van der Waals surface area contributed by atoms with Crippen LogP contribution in [0.5, 0.6) is 0 Å². The van der Waals surface area contributed by atoms with Gasteiger partial charge in [0.25, 0.3) is 0 Å². The summed E-state index contributed by atoms with van der Waals surface area (Å²) in [7, 11) is 0. The standard InChI is InChI=1S/C13H13ClFN3O/c14-10-1-2-11(15)9(5-10)6-13(19)12-7-18(4-3-16)8-17-12/h1-2,5,7-8H,3-4,6,16H2. The number of carbonyl (C=O) groups is 1. The lowest BCUT2D eigenvalue weighted by Crippen LogP contribution is -2.08. The molecule has 2 aromatic rings. The number of hydrogen-bond acceptors (Lipinski definition) is 3. The highest BCUT2D eigenvalue weighted by atomic mass is 35.5. The first-order valence-electron chi connectivity index (χ1n) is 5.79. The highest BCUT2D eigenvalue weighted by Crippen LogP contribution is 2.16. The third-order valence-corrected chi connectivity index (χ3v) is 2.90. The zero-order chi connectivity index (χ0) is 13.8. The van der Waals surface area contributed by atoms with Gasteiger partial charge in [-0.15, -0.1) is 0 Å². The quantitative estimate of drug-likeness (QED) is 0.854. The Kier molecular flexibility index (Phi) is 4.29. The zero-order valence-corrected chi connectivity index (χ0v) is 10.9. The summed E-state index contributed by atoms with van der Waals surface area (Å²) in [6.07, 6.45) is 3.08. The number of Topliss-reactive ketones (excluding diaryl/α,β-unsaturated/α-hetero) is 1. The number of nitrogens with zero attached hydrogens (tertiary/aromatic N) is 2. The summed E-state index contributed by atoms with van der Waals surface area (Å²) in [5.74, 6) is -0.698. The minimum absolute atomic E-state index is 0.0635. The van der Waals surface area contributed by atoms with E-state index < -0.39 is 5.82 Å². The van der Waals surface area contributed by atoms with Gasteiger partial charge in [0.15, 0.2) is 5.78 Å². The van der Waals surface area contributed by atoms with Crippen molar-refractivity contribution >= 4 is 17.4 Å². The van der Waals surface area contributed by atoms with E-state index in [0.717, 1.165) is 0 Å². The molecule has 2 rings (SSSR count). The Morgan fingerprint density at radius 3 is 3.00 bits per heavy atom. The molecule has 1 aromatic carbocycles. The van der Waals surface area contributed by atoms with Gasteiger partial charge in [0.1, 0.15) is 11.5 Å². The Balaban J connectivity index is 2.13. The largest absolute Gasteiger partial charge is 0.335 e. The number of ketones is 1. The molecule has 2 N–H and O–H groups in total. The first-order valence-corrected chi connectivity index (χ1v) is 6.17. The zero-order valence-electron chi connectivity index (χ0n) is 10.1. The van der Waals surface area contributed by atoms with Crippen molar-refractivity contribution in [1.82, 2.24) is 9.55 Å². The fraction of sp³-hybridized carbons (Fsp3) is 0.231. The van der Waals surface area contributed by atoms with E-state index in [1.54, 1.807) is 10.8 Å². The molecule has 0 saturated heterocycles. The van der Waals surface area contributed by atoms with Gasteiger partial charge in [-0.25, -0.2) is 9.37 Å². The van der Waals surface area contributed by atoms with Gasteiger partial charge in [-0.3, -0.25) is 4.79 Å². The van der Waals surface area contributed by atoms with Gasteiger partial charge in [-0.2, -0.15) is 0 Å². The van der Waals surface area contributed by atoms with Crippen molar-refractivity contribution in [3.05, 3.63) is 52.8 Å². The number of imidazole rings is 1. The molecule has 0 amide bonds. The lowest BCUT2D eigenvalue weighted by atomic mass is 10.1. The number of carbonyl (C=O) groups excluding carboxylic acids is 1. The maximum atomic E-state index is 13.5. The fourth-order valence-corrected chi connectivity index (χ4v) is 1.91. The second-order valence-electron chi connectivity index (χ2n) is 4.12. The molecule has 0 radical (unpaired) electrons. The predicted molar refractivity (Wildman–Crippen MR) is 70.7 cm³/mol. The van der Waals surface area contributed by atoms with Gasteiger partial charge in [-0.1, -0.05) is 11.6 Å². The van der Waals surface area contributed by atoms with E-state index in [2.05, 4.69) is 4.98 Å². The molecule has 0 spiro atoms. The molecule has 0 aliphatic carbocycles. The second kappa shape index (κ2) is 5.95. The van der Waals surface area contributed by atoms with Gasteiger partial charge in [-0.05, 0) is 23.8 Å². The molecule has 1 aromatic heterocycles. The SMILES string of the molecule is NCCn1cnc(C(=O)Cc2cc(Cl)ccc2F)c1. The Morgan fingerprint density at radius 1 is 1.47 bits per heavy atom. The van der Waals surface area contributed by atoms with E-state index in [1.165, 1.54) is 24.5 Å². The molecule has 0 unspecified atom stereocenters. The number of nitrogens with two attached hydrogens (primary N) is 1. The van der Waals surface area contributed by atoms with Crippen molar-refractivity contribution in [2.45, 2.75) is 13.0 Å². The molecule has 1 heterocycles. The van der Waals surface area contributed by atoms with Gasteiger partial charge >= 0.3 is 0 Å². The molecule has 0 aliphatic heterocycles. The second-order valence-corrected chi connectivity index (χ2v) is 4.56. The van der Waals surface area contributed by atoms with Crippen molar-refractivity contribution in [2.75, 3.05) is 6.54 Å². The lowest BCUT2D eigenvalue weighted by Gasteiger charge is -2.02. The van der Waals surface area contributed by atoms with Crippen LogP contribution in [-0.2, 0) is 13.0 Å². The molecule has 0 bridgehead atoms. The predicted octanol–water partition coefficient (Wildman–Crippen LogP) is 2.06. The summed E-state index contributed by atoms with van der Waals surface area (Å²) >= 11 is 5.78. The monoisotopic (exact) mass is 281 g/mol. The van der Waals surface area contributed by atoms with Crippen LogP contribution in [0, 0.1) is 5.82 Å².